The Labute approximate surface area is 149 Å². The fraction of sp³-hybridized carbons (Fsp3) is 0.158. The zero-order chi connectivity index (χ0) is 18.0. The molecular formula is C19H16ClFN2O2. The van der Waals surface area contributed by atoms with Crippen LogP contribution in [0.1, 0.15) is 30.5 Å². The largest absolute Gasteiger partial charge is 0.326 e. The number of halogens is 2. The molecule has 1 heterocycles. The summed E-state index contributed by atoms with van der Waals surface area (Å²) in [5.41, 5.74) is 2.29. The molecule has 2 amide bonds. The van der Waals surface area contributed by atoms with Crippen LogP contribution in [0.4, 0.5) is 10.1 Å². The minimum absolute atomic E-state index is 0.0610. The number of fused-ring (bicyclic) bond motifs is 1. The average molecular weight is 359 g/mol. The maximum atomic E-state index is 13.2. The molecule has 0 fully saturated rings. The van der Waals surface area contributed by atoms with Crippen LogP contribution in [-0.4, -0.2) is 16.7 Å². The number of carbonyl (C=O) groups is 2. The molecule has 0 aromatic heterocycles. The molecule has 1 N–H and O–H groups in total. The number of benzene rings is 2. The lowest BCUT2D eigenvalue weighted by Crippen LogP contribution is -2.33. The molecule has 2 aromatic rings. The normalized spacial score (nSPS) is 15.6. The zero-order valence-electron chi connectivity index (χ0n) is 13.5. The van der Waals surface area contributed by atoms with Gasteiger partial charge in [0.15, 0.2) is 0 Å². The molecule has 0 saturated heterocycles. The van der Waals surface area contributed by atoms with Crippen molar-refractivity contribution in [2.45, 2.75) is 19.4 Å². The monoisotopic (exact) mass is 358 g/mol. The van der Waals surface area contributed by atoms with E-state index in [1.165, 1.54) is 25.1 Å². The minimum atomic E-state index is -0.547. The van der Waals surface area contributed by atoms with E-state index in [1.54, 1.807) is 11.1 Å². The molecule has 0 radical (unpaired) electrons. The third kappa shape index (κ3) is 3.72. The van der Waals surface area contributed by atoms with Crippen LogP contribution < -0.4 is 5.32 Å². The van der Waals surface area contributed by atoms with E-state index in [-0.39, 0.29) is 23.3 Å². The summed E-state index contributed by atoms with van der Waals surface area (Å²) in [6.45, 7) is 1.46. The standard InChI is InChI=1S/C19H16ClFN2O2/c1-12(24)23-9-8-13-4-2-3-5-15(13)18(23)11-19(25)22-14-6-7-17(21)16(20)10-14/h2-10,18H,11H2,1H3,(H,22,25). The van der Waals surface area contributed by atoms with Gasteiger partial charge in [0.1, 0.15) is 5.82 Å². The second kappa shape index (κ2) is 7.07. The highest BCUT2D eigenvalue weighted by molar-refractivity contribution is 6.31. The number of rotatable bonds is 3. The lowest BCUT2D eigenvalue weighted by molar-refractivity contribution is -0.129. The fourth-order valence-corrected chi connectivity index (χ4v) is 3.06. The molecule has 128 valence electrons. The first kappa shape index (κ1) is 17.2. The fourth-order valence-electron chi connectivity index (χ4n) is 2.87. The van der Waals surface area contributed by atoms with Crippen molar-refractivity contribution in [3.8, 4) is 0 Å². The van der Waals surface area contributed by atoms with Gasteiger partial charge < -0.3 is 10.2 Å². The number of hydrogen-bond acceptors (Lipinski definition) is 2. The van der Waals surface area contributed by atoms with Crippen molar-refractivity contribution in [2.24, 2.45) is 0 Å². The van der Waals surface area contributed by atoms with E-state index < -0.39 is 11.9 Å². The summed E-state index contributed by atoms with van der Waals surface area (Å²) < 4.78 is 13.2. The first-order valence-electron chi connectivity index (χ1n) is 7.76. The third-order valence-electron chi connectivity index (χ3n) is 4.05. The summed E-state index contributed by atoms with van der Waals surface area (Å²) in [6, 6.07) is 11.2. The highest BCUT2D eigenvalue weighted by atomic mass is 35.5. The van der Waals surface area contributed by atoms with Gasteiger partial charge in [-0.15, -0.1) is 0 Å². The van der Waals surface area contributed by atoms with Crippen LogP contribution in [0, 0.1) is 5.82 Å². The Morgan fingerprint density at radius 2 is 2.00 bits per heavy atom. The maximum Gasteiger partial charge on any atom is 0.226 e. The molecule has 0 spiro atoms. The van der Waals surface area contributed by atoms with Crippen LogP contribution in [0.3, 0.4) is 0 Å². The van der Waals surface area contributed by atoms with E-state index in [9.17, 15) is 14.0 Å². The molecule has 25 heavy (non-hydrogen) atoms. The van der Waals surface area contributed by atoms with Crippen molar-refractivity contribution in [1.82, 2.24) is 4.90 Å². The van der Waals surface area contributed by atoms with Crippen molar-refractivity contribution < 1.29 is 14.0 Å². The highest BCUT2D eigenvalue weighted by Crippen LogP contribution is 2.33. The Morgan fingerprint density at radius 1 is 1.24 bits per heavy atom. The molecule has 1 aliphatic rings. The van der Waals surface area contributed by atoms with Crippen LogP contribution in [-0.2, 0) is 9.59 Å². The molecule has 4 nitrogen and oxygen atoms in total. The SMILES string of the molecule is CC(=O)N1C=Cc2ccccc2C1CC(=O)Nc1ccc(F)c(Cl)c1. The van der Waals surface area contributed by atoms with Crippen molar-refractivity contribution in [3.63, 3.8) is 0 Å². The zero-order valence-corrected chi connectivity index (χ0v) is 14.3. The number of nitrogens with one attached hydrogen (secondary N) is 1. The Bertz CT molecular complexity index is 866. The summed E-state index contributed by atoms with van der Waals surface area (Å²) in [4.78, 5) is 25.9. The first-order chi connectivity index (χ1) is 12.0. The van der Waals surface area contributed by atoms with E-state index in [1.807, 2.05) is 30.3 Å². The topological polar surface area (TPSA) is 49.4 Å². The average Bonchev–Trinajstić information content (AvgIpc) is 2.58. The molecule has 1 unspecified atom stereocenters. The van der Waals surface area contributed by atoms with Gasteiger partial charge in [-0.05, 0) is 35.4 Å². The predicted molar refractivity (Wildman–Crippen MR) is 95.4 cm³/mol. The summed E-state index contributed by atoms with van der Waals surface area (Å²) in [5, 5.41) is 2.63. The van der Waals surface area contributed by atoms with Crippen LogP contribution >= 0.6 is 11.6 Å². The van der Waals surface area contributed by atoms with Crippen LogP contribution in [0.25, 0.3) is 6.08 Å². The highest BCUT2D eigenvalue weighted by Gasteiger charge is 2.28. The van der Waals surface area contributed by atoms with Crippen molar-refractivity contribution in [2.75, 3.05) is 5.32 Å². The number of amides is 2. The molecular weight excluding hydrogens is 343 g/mol. The number of carbonyl (C=O) groups excluding carboxylic acids is 2. The van der Waals surface area contributed by atoms with Gasteiger partial charge in [-0.1, -0.05) is 35.9 Å². The minimum Gasteiger partial charge on any atom is -0.326 e. The Kier molecular flexibility index (Phi) is 4.86. The Hall–Kier alpha value is -2.66. The van der Waals surface area contributed by atoms with E-state index in [0.29, 0.717) is 5.69 Å². The second-order valence-electron chi connectivity index (χ2n) is 5.77. The summed E-state index contributed by atoms with van der Waals surface area (Å²) in [7, 11) is 0. The summed E-state index contributed by atoms with van der Waals surface area (Å²) in [5.74, 6) is -0.980. The summed E-state index contributed by atoms with van der Waals surface area (Å²) in [6.07, 6.45) is 3.62. The molecule has 0 aliphatic carbocycles. The van der Waals surface area contributed by atoms with Crippen molar-refractivity contribution in [3.05, 3.63) is 70.6 Å². The van der Waals surface area contributed by atoms with Gasteiger partial charge in [-0.25, -0.2) is 4.39 Å². The third-order valence-corrected chi connectivity index (χ3v) is 4.34. The smallest absolute Gasteiger partial charge is 0.226 e. The van der Waals surface area contributed by atoms with Crippen LogP contribution in [0.2, 0.25) is 5.02 Å². The molecule has 3 rings (SSSR count). The van der Waals surface area contributed by atoms with E-state index in [4.69, 9.17) is 11.6 Å². The Balaban J connectivity index is 1.81. The molecule has 1 aliphatic heterocycles. The molecule has 0 saturated carbocycles. The second-order valence-corrected chi connectivity index (χ2v) is 6.18. The number of anilines is 1. The maximum absolute atomic E-state index is 13.2. The Morgan fingerprint density at radius 3 is 2.72 bits per heavy atom. The van der Waals surface area contributed by atoms with Gasteiger partial charge in [0.05, 0.1) is 17.5 Å². The molecule has 0 bridgehead atoms. The van der Waals surface area contributed by atoms with E-state index in [2.05, 4.69) is 5.32 Å². The van der Waals surface area contributed by atoms with Crippen molar-refractivity contribution >= 4 is 35.2 Å². The molecule has 1 atom stereocenters. The van der Waals surface area contributed by atoms with Gasteiger partial charge in [0.2, 0.25) is 11.8 Å². The van der Waals surface area contributed by atoms with E-state index in [0.717, 1.165) is 11.1 Å². The number of hydrogen-bond donors (Lipinski definition) is 1. The van der Waals surface area contributed by atoms with Crippen molar-refractivity contribution in [1.29, 1.82) is 0 Å². The molecule has 2 aromatic carbocycles. The first-order valence-corrected chi connectivity index (χ1v) is 8.14. The van der Waals surface area contributed by atoms with Gasteiger partial charge >= 0.3 is 0 Å². The lowest BCUT2D eigenvalue weighted by atomic mass is 9.93. The predicted octanol–water partition coefficient (Wildman–Crippen LogP) is 4.38. The molecule has 6 heteroatoms. The van der Waals surface area contributed by atoms with Gasteiger partial charge in [0.25, 0.3) is 0 Å². The van der Waals surface area contributed by atoms with E-state index >= 15 is 0 Å². The number of nitrogens with zero attached hydrogens (tertiary/aromatic N) is 1. The summed E-state index contributed by atoms with van der Waals surface area (Å²) >= 11 is 5.73. The quantitative estimate of drug-likeness (QED) is 0.885. The van der Waals surface area contributed by atoms with Crippen LogP contribution in [0.5, 0.6) is 0 Å². The lowest BCUT2D eigenvalue weighted by Gasteiger charge is -2.32. The van der Waals surface area contributed by atoms with Gasteiger partial charge in [0, 0.05) is 18.8 Å². The van der Waals surface area contributed by atoms with Gasteiger partial charge in [-0.3, -0.25) is 9.59 Å². The van der Waals surface area contributed by atoms with Crippen LogP contribution in [0.15, 0.2) is 48.7 Å². The van der Waals surface area contributed by atoms with Gasteiger partial charge in [-0.2, -0.15) is 0 Å².